The van der Waals surface area contributed by atoms with Gasteiger partial charge in [-0.15, -0.1) is 0 Å². The molecule has 0 saturated carbocycles. The van der Waals surface area contributed by atoms with Crippen LogP contribution in [0.5, 0.6) is 0 Å². The monoisotopic (exact) mass is 256 g/mol. The van der Waals surface area contributed by atoms with Crippen LogP contribution >= 0.6 is 23.2 Å². The topological polar surface area (TPSA) is 33.4 Å². The summed E-state index contributed by atoms with van der Waals surface area (Å²) in [7, 11) is 0. The third-order valence-electron chi connectivity index (χ3n) is 2.34. The Morgan fingerprint density at radius 3 is 2.62 bits per heavy atom. The average Bonchev–Trinajstić information content (AvgIpc) is 2.77. The molecule has 4 heteroatoms. The number of halogens is 2. The number of aliphatic hydroxyl groups excluding tert-OH is 1. The van der Waals surface area contributed by atoms with Crippen molar-refractivity contribution < 1.29 is 9.52 Å². The fourth-order valence-corrected chi connectivity index (χ4v) is 1.79. The zero-order valence-corrected chi connectivity index (χ0v) is 9.87. The van der Waals surface area contributed by atoms with E-state index in [1.807, 2.05) is 6.07 Å². The van der Waals surface area contributed by atoms with Gasteiger partial charge < -0.3 is 9.52 Å². The summed E-state index contributed by atoms with van der Waals surface area (Å²) in [5.41, 5.74) is 1.69. The minimum Gasteiger partial charge on any atom is -0.472 e. The lowest BCUT2D eigenvalue weighted by molar-refractivity contribution is 0.177. The fraction of sp³-hybridized carbons (Fsp3) is 0.167. The van der Waals surface area contributed by atoms with Crippen LogP contribution in [0.4, 0.5) is 0 Å². The van der Waals surface area contributed by atoms with Crippen molar-refractivity contribution in [3.8, 4) is 0 Å². The normalized spacial score (nSPS) is 12.7. The molecule has 2 nitrogen and oxygen atoms in total. The summed E-state index contributed by atoms with van der Waals surface area (Å²) in [5, 5.41) is 10.9. The second-order valence-electron chi connectivity index (χ2n) is 3.53. The maximum absolute atomic E-state index is 9.89. The summed E-state index contributed by atoms with van der Waals surface area (Å²) in [4.78, 5) is 0. The Bertz CT molecular complexity index is 466. The predicted molar refractivity (Wildman–Crippen MR) is 63.8 cm³/mol. The summed E-state index contributed by atoms with van der Waals surface area (Å²) < 4.78 is 4.91. The van der Waals surface area contributed by atoms with Crippen LogP contribution in [-0.2, 0) is 6.42 Å². The molecule has 0 bridgehead atoms. The van der Waals surface area contributed by atoms with E-state index in [1.54, 1.807) is 18.2 Å². The van der Waals surface area contributed by atoms with Gasteiger partial charge >= 0.3 is 0 Å². The molecule has 0 aliphatic heterocycles. The lowest BCUT2D eigenvalue weighted by Crippen LogP contribution is -2.00. The van der Waals surface area contributed by atoms with Gasteiger partial charge in [0.25, 0.3) is 0 Å². The maximum Gasteiger partial charge on any atom is 0.0960 e. The van der Waals surface area contributed by atoms with Gasteiger partial charge in [0.1, 0.15) is 0 Å². The van der Waals surface area contributed by atoms with Gasteiger partial charge in [0.05, 0.1) is 28.7 Å². The third kappa shape index (κ3) is 2.59. The average molecular weight is 257 g/mol. The molecule has 0 saturated heterocycles. The zero-order chi connectivity index (χ0) is 11.5. The fourth-order valence-electron chi connectivity index (χ4n) is 1.47. The van der Waals surface area contributed by atoms with Crippen molar-refractivity contribution in [3.63, 3.8) is 0 Å². The van der Waals surface area contributed by atoms with Crippen molar-refractivity contribution in [2.24, 2.45) is 0 Å². The highest BCUT2D eigenvalue weighted by Crippen LogP contribution is 2.25. The Morgan fingerprint density at radius 1 is 1.19 bits per heavy atom. The highest BCUT2D eigenvalue weighted by molar-refractivity contribution is 6.42. The second-order valence-corrected chi connectivity index (χ2v) is 4.34. The summed E-state index contributed by atoms with van der Waals surface area (Å²) in [6.07, 6.45) is 2.96. The summed E-state index contributed by atoms with van der Waals surface area (Å²) in [5.74, 6) is 0. The van der Waals surface area contributed by atoms with E-state index >= 15 is 0 Å². The molecule has 0 fully saturated rings. The highest BCUT2D eigenvalue weighted by atomic mass is 35.5. The molecule has 1 aromatic carbocycles. The van der Waals surface area contributed by atoms with Crippen molar-refractivity contribution >= 4 is 23.2 Å². The third-order valence-corrected chi connectivity index (χ3v) is 3.08. The molecule has 1 heterocycles. The number of furan rings is 1. The van der Waals surface area contributed by atoms with E-state index in [4.69, 9.17) is 27.6 Å². The predicted octanol–water partition coefficient (Wildman–Crippen LogP) is 3.86. The first-order chi connectivity index (χ1) is 7.66. The van der Waals surface area contributed by atoms with Crippen LogP contribution in [0.3, 0.4) is 0 Å². The number of benzene rings is 1. The Morgan fingerprint density at radius 2 is 2.00 bits per heavy atom. The van der Waals surface area contributed by atoms with E-state index in [-0.39, 0.29) is 0 Å². The minimum absolute atomic E-state index is 0.483. The van der Waals surface area contributed by atoms with Gasteiger partial charge in [0.2, 0.25) is 0 Å². The Hall–Kier alpha value is -0.960. The van der Waals surface area contributed by atoms with Crippen molar-refractivity contribution in [1.29, 1.82) is 0 Å². The summed E-state index contributed by atoms with van der Waals surface area (Å²) in [6, 6.07) is 7.06. The zero-order valence-electron chi connectivity index (χ0n) is 8.36. The van der Waals surface area contributed by atoms with E-state index in [0.29, 0.717) is 16.5 Å². The molecule has 16 heavy (non-hydrogen) atoms. The smallest absolute Gasteiger partial charge is 0.0960 e. The van der Waals surface area contributed by atoms with Crippen LogP contribution < -0.4 is 0 Å². The van der Waals surface area contributed by atoms with Crippen molar-refractivity contribution in [3.05, 3.63) is 58.0 Å². The molecular weight excluding hydrogens is 247 g/mol. The van der Waals surface area contributed by atoms with Gasteiger partial charge in [-0.1, -0.05) is 29.3 Å². The molecule has 0 aliphatic carbocycles. The lowest BCUT2D eigenvalue weighted by atomic mass is 10.0. The second kappa shape index (κ2) is 4.91. The summed E-state index contributed by atoms with van der Waals surface area (Å²) in [6.45, 7) is 0. The van der Waals surface area contributed by atoms with Crippen LogP contribution in [0.25, 0.3) is 0 Å². The molecule has 1 unspecified atom stereocenters. The van der Waals surface area contributed by atoms with Gasteiger partial charge in [0, 0.05) is 12.0 Å². The molecule has 1 N–H and O–H groups in total. The Balaban J connectivity index is 2.12. The molecule has 0 spiro atoms. The van der Waals surface area contributed by atoms with Crippen LogP contribution in [0.15, 0.2) is 41.2 Å². The number of aliphatic hydroxyl groups is 1. The van der Waals surface area contributed by atoms with E-state index in [0.717, 1.165) is 11.1 Å². The molecule has 84 valence electrons. The van der Waals surface area contributed by atoms with Crippen molar-refractivity contribution in [2.75, 3.05) is 0 Å². The van der Waals surface area contributed by atoms with Gasteiger partial charge in [0.15, 0.2) is 0 Å². The van der Waals surface area contributed by atoms with E-state index < -0.39 is 6.10 Å². The van der Waals surface area contributed by atoms with E-state index in [2.05, 4.69) is 0 Å². The molecule has 2 aromatic rings. The largest absolute Gasteiger partial charge is 0.472 e. The Labute approximate surface area is 103 Å². The number of hydrogen-bond donors (Lipinski definition) is 1. The quantitative estimate of drug-likeness (QED) is 0.905. The van der Waals surface area contributed by atoms with E-state index in [1.165, 1.54) is 12.5 Å². The molecule has 1 atom stereocenters. The number of hydrogen-bond acceptors (Lipinski definition) is 2. The maximum atomic E-state index is 9.89. The first-order valence-electron chi connectivity index (χ1n) is 4.81. The van der Waals surface area contributed by atoms with Crippen LogP contribution in [-0.4, -0.2) is 5.11 Å². The van der Waals surface area contributed by atoms with Crippen LogP contribution in [0, 0.1) is 0 Å². The summed E-state index contributed by atoms with van der Waals surface area (Å²) >= 11 is 11.7. The first kappa shape index (κ1) is 11.5. The molecular formula is C12H10Cl2O2. The molecule has 0 radical (unpaired) electrons. The Kier molecular flexibility index (Phi) is 3.54. The van der Waals surface area contributed by atoms with Crippen LogP contribution in [0.1, 0.15) is 17.2 Å². The minimum atomic E-state index is -0.587. The number of rotatable bonds is 3. The van der Waals surface area contributed by atoms with Crippen molar-refractivity contribution in [2.45, 2.75) is 12.5 Å². The molecule has 1 aromatic heterocycles. The van der Waals surface area contributed by atoms with E-state index in [9.17, 15) is 5.11 Å². The van der Waals surface area contributed by atoms with Crippen LogP contribution in [0.2, 0.25) is 10.0 Å². The molecule has 2 rings (SSSR count). The SMILES string of the molecule is OC(Cc1ccc(Cl)c(Cl)c1)c1ccoc1. The van der Waals surface area contributed by atoms with Gasteiger partial charge in [-0.05, 0) is 23.8 Å². The molecule has 0 aliphatic rings. The van der Waals surface area contributed by atoms with Crippen molar-refractivity contribution in [1.82, 2.24) is 0 Å². The van der Waals surface area contributed by atoms with Gasteiger partial charge in [-0.25, -0.2) is 0 Å². The van der Waals surface area contributed by atoms with Gasteiger partial charge in [-0.2, -0.15) is 0 Å². The first-order valence-corrected chi connectivity index (χ1v) is 5.56. The lowest BCUT2D eigenvalue weighted by Gasteiger charge is -2.08. The highest BCUT2D eigenvalue weighted by Gasteiger charge is 2.10. The standard InChI is InChI=1S/C12H10Cl2O2/c13-10-2-1-8(5-11(10)14)6-12(15)9-3-4-16-7-9/h1-5,7,12,15H,6H2. The van der Waals surface area contributed by atoms with Gasteiger partial charge in [-0.3, -0.25) is 0 Å². The molecule has 0 amide bonds.